The first-order valence-corrected chi connectivity index (χ1v) is 7.09. The van der Waals surface area contributed by atoms with Crippen LogP contribution in [0.5, 0.6) is 11.5 Å². The molecule has 116 valence electrons. The summed E-state index contributed by atoms with van der Waals surface area (Å²) < 4.78 is 10.7. The lowest BCUT2D eigenvalue weighted by Crippen LogP contribution is -2.23. The average molecular weight is 312 g/mol. The molecule has 23 heavy (non-hydrogen) atoms. The van der Waals surface area contributed by atoms with Gasteiger partial charge in [-0.25, -0.2) is 0 Å². The molecule has 1 amide bonds. The first kappa shape index (κ1) is 13.6. The average Bonchev–Trinajstić information content (AvgIpc) is 2.99. The highest BCUT2D eigenvalue weighted by Crippen LogP contribution is 2.44. The Kier molecular flexibility index (Phi) is 2.94. The molecule has 0 saturated carbocycles. The van der Waals surface area contributed by atoms with Gasteiger partial charge in [0, 0.05) is 36.2 Å². The normalized spacial score (nSPS) is 18.3. The molecule has 2 aliphatic heterocycles. The number of anilines is 1. The number of carbonyl (C=O) groups is 1. The lowest BCUT2D eigenvalue weighted by molar-refractivity contribution is -0.384. The van der Waals surface area contributed by atoms with E-state index in [9.17, 15) is 14.9 Å². The van der Waals surface area contributed by atoms with Crippen LogP contribution in [0, 0.1) is 10.1 Å². The minimum Gasteiger partial charge on any atom is -0.454 e. The molecular weight excluding hydrogens is 300 g/mol. The molecule has 1 N–H and O–H groups in total. The van der Waals surface area contributed by atoms with Gasteiger partial charge in [-0.1, -0.05) is 12.1 Å². The summed E-state index contributed by atoms with van der Waals surface area (Å²) in [7, 11) is 0. The largest absolute Gasteiger partial charge is 0.454 e. The van der Waals surface area contributed by atoms with E-state index in [1.807, 2.05) is 6.07 Å². The van der Waals surface area contributed by atoms with Gasteiger partial charge in [0.1, 0.15) is 0 Å². The number of amides is 1. The van der Waals surface area contributed by atoms with Crippen LogP contribution in [0.1, 0.15) is 23.5 Å². The number of nitrogens with zero attached hydrogens (tertiary/aromatic N) is 1. The van der Waals surface area contributed by atoms with Crippen molar-refractivity contribution in [1.82, 2.24) is 0 Å². The van der Waals surface area contributed by atoms with Crippen molar-refractivity contribution in [2.24, 2.45) is 0 Å². The highest BCUT2D eigenvalue weighted by molar-refractivity contribution is 5.96. The van der Waals surface area contributed by atoms with Gasteiger partial charge in [-0.15, -0.1) is 0 Å². The standard InChI is InChI=1S/C16H12N2O5/c19-16-6-11(9-2-1-3-10(4-9)18(20)21)12-5-14-15(23-8-22-14)7-13(12)17-16/h1-5,7,11H,6,8H2,(H,17,19)/t11-/m1/s1. The fourth-order valence-electron chi connectivity index (χ4n) is 3.00. The quantitative estimate of drug-likeness (QED) is 0.680. The van der Waals surface area contributed by atoms with Crippen molar-refractivity contribution in [3.63, 3.8) is 0 Å². The molecule has 2 aliphatic rings. The zero-order valence-electron chi connectivity index (χ0n) is 11.9. The Balaban J connectivity index is 1.83. The summed E-state index contributed by atoms with van der Waals surface area (Å²) in [5.41, 5.74) is 2.27. The number of fused-ring (bicyclic) bond motifs is 2. The first-order valence-electron chi connectivity index (χ1n) is 7.09. The van der Waals surface area contributed by atoms with E-state index in [2.05, 4.69) is 5.32 Å². The molecule has 0 aliphatic carbocycles. The van der Waals surface area contributed by atoms with E-state index in [0.29, 0.717) is 17.2 Å². The second-order valence-electron chi connectivity index (χ2n) is 5.45. The summed E-state index contributed by atoms with van der Waals surface area (Å²) in [4.78, 5) is 22.6. The Labute approximate surface area is 131 Å². The number of hydrogen-bond acceptors (Lipinski definition) is 5. The third-order valence-electron chi connectivity index (χ3n) is 4.07. The van der Waals surface area contributed by atoms with E-state index in [-0.39, 0.29) is 30.7 Å². The Morgan fingerprint density at radius 2 is 1.96 bits per heavy atom. The van der Waals surface area contributed by atoms with Gasteiger partial charge < -0.3 is 14.8 Å². The molecular formula is C16H12N2O5. The summed E-state index contributed by atoms with van der Waals surface area (Å²) >= 11 is 0. The van der Waals surface area contributed by atoms with Crippen LogP contribution in [-0.2, 0) is 4.79 Å². The Hall–Kier alpha value is -3.09. The fourth-order valence-corrected chi connectivity index (χ4v) is 3.00. The molecule has 0 aromatic heterocycles. The zero-order chi connectivity index (χ0) is 16.0. The van der Waals surface area contributed by atoms with Crippen molar-refractivity contribution >= 4 is 17.3 Å². The fraction of sp³-hybridized carbons (Fsp3) is 0.188. The van der Waals surface area contributed by atoms with Crippen molar-refractivity contribution in [2.75, 3.05) is 12.1 Å². The molecule has 0 radical (unpaired) electrons. The van der Waals surface area contributed by atoms with Crippen molar-refractivity contribution in [2.45, 2.75) is 12.3 Å². The predicted octanol–water partition coefficient (Wildman–Crippen LogP) is 2.80. The van der Waals surface area contributed by atoms with Crippen LogP contribution in [0.3, 0.4) is 0 Å². The van der Waals surface area contributed by atoms with E-state index >= 15 is 0 Å². The molecule has 2 heterocycles. The van der Waals surface area contributed by atoms with Crippen LogP contribution in [0.4, 0.5) is 11.4 Å². The summed E-state index contributed by atoms with van der Waals surface area (Å²) in [6.45, 7) is 0.146. The van der Waals surface area contributed by atoms with E-state index < -0.39 is 4.92 Å². The zero-order valence-corrected chi connectivity index (χ0v) is 11.9. The van der Waals surface area contributed by atoms with Crippen molar-refractivity contribution in [1.29, 1.82) is 0 Å². The number of nitrogens with one attached hydrogen (secondary N) is 1. The van der Waals surface area contributed by atoms with Crippen LogP contribution in [0.25, 0.3) is 0 Å². The summed E-state index contributed by atoms with van der Waals surface area (Å²) in [5, 5.41) is 13.8. The van der Waals surface area contributed by atoms with Gasteiger partial charge in [0.2, 0.25) is 12.7 Å². The number of carbonyl (C=O) groups excluding carboxylic acids is 1. The van der Waals surface area contributed by atoms with Crippen LogP contribution in [-0.4, -0.2) is 17.6 Å². The lowest BCUT2D eigenvalue weighted by atomic mass is 9.84. The van der Waals surface area contributed by atoms with Gasteiger partial charge in [-0.05, 0) is 17.2 Å². The molecule has 2 aromatic rings. The second-order valence-corrected chi connectivity index (χ2v) is 5.45. The third kappa shape index (κ3) is 2.26. The Bertz CT molecular complexity index is 833. The summed E-state index contributed by atoms with van der Waals surface area (Å²) in [6.07, 6.45) is 0.230. The number of non-ortho nitro benzene ring substituents is 1. The third-order valence-corrected chi connectivity index (χ3v) is 4.07. The lowest BCUT2D eigenvalue weighted by Gasteiger charge is -2.26. The maximum absolute atomic E-state index is 12.0. The molecule has 0 spiro atoms. The SMILES string of the molecule is O=C1C[C@H](c2cccc([N+](=O)[O-])c2)c2cc3c(cc2N1)OCO3. The number of hydrogen-bond donors (Lipinski definition) is 1. The van der Waals surface area contributed by atoms with E-state index in [0.717, 1.165) is 11.1 Å². The molecule has 0 saturated heterocycles. The Morgan fingerprint density at radius 1 is 1.17 bits per heavy atom. The number of benzene rings is 2. The number of rotatable bonds is 2. The van der Waals surface area contributed by atoms with Crippen LogP contribution < -0.4 is 14.8 Å². The highest BCUT2D eigenvalue weighted by Gasteiger charge is 2.30. The molecule has 1 atom stereocenters. The van der Waals surface area contributed by atoms with Crippen molar-refractivity contribution < 1.29 is 19.2 Å². The van der Waals surface area contributed by atoms with E-state index in [1.54, 1.807) is 18.2 Å². The molecule has 0 unspecified atom stereocenters. The number of nitro benzene ring substituents is 1. The first-order chi connectivity index (χ1) is 11.1. The van der Waals surface area contributed by atoms with E-state index in [1.165, 1.54) is 12.1 Å². The maximum Gasteiger partial charge on any atom is 0.269 e. The molecule has 2 aromatic carbocycles. The summed E-state index contributed by atoms with van der Waals surface area (Å²) in [5.74, 6) is 0.820. The molecule has 0 fully saturated rings. The van der Waals surface area contributed by atoms with Crippen molar-refractivity contribution in [3.05, 3.63) is 57.6 Å². The van der Waals surface area contributed by atoms with Gasteiger partial charge in [0.05, 0.1) is 4.92 Å². The Morgan fingerprint density at radius 3 is 2.74 bits per heavy atom. The topological polar surface area (TPSA) is 90.7 Å². The molecule has 7 nitrogen and oxygen atoms in total. The summed E-state index contributed by atoms with van der Waals surface area (Å²) in [6, 6.07) is 9.95. The number of ether oxygens (including phenoxy) is 2. The molecule has 0 bridgehead atoms. The van der Waals surface area contributed by atoms with Crippen LogP contribution in [0.15, 0.2) is 36.4 Å². The van der Waals surface area contributed by atoms with Crippen LogP contribution >= 0.6 is 0 Å². The van der Waals surface area contributed by atoms with E-state index in [4.69, 9.17) is 9.47 Å². The van der Waals surface area contributed by atoms with Gasteiger partial charge in [-0.2, -0.15) is 0 Å². The van der Waals surface area contributed by atoms with Gasteiger partial charge >= 0.3 is 0 Å². The van der Waals surface area contributed by atoms with Gasteiger partial charge in [0.15, 0.2) is 11.5 Å². The van der Waals surface area contributed by atoms with Crippen molar-refractivity contribution in [3.8, 4) is 11.5 Å². The van der Waals surface area contributed by atoms with Gasteiger partial charge in [-0.3, -0.25) is 14.9 Å². The van der Waals surface area contributed by atoms with Crippen LogP contribution in [0.2, 0.25) is 0 Å². The van der Waals surface area contributed by atoms with Gasteiger partial charge in [0.25, 0.3) is 5.69 Å². The molecule has 4 rings (SSSR count). The predicted molar refractivity (Wildman–Crippen MR) is 80.8 cm³/mol. The highest BCUT2D eigenvalue weighted by atomic mass is 16.7. The molecule has 7 heteroatoms. The number of nitro groups is 1. The smallest absolute Gasteiger partial charge is 0.269 e. The maximum atomic E-state index is 12.0. The minimum absolute atomic E-state index is 0.00998. The minimum atomic E-state index is -0.438. The second kappa shape index (κ2) is 4.98. The monoisotopic (exact) mass is 312 g/mol.